The second-order valence-corrected chi connectivity index (χ2v) is 6.70. The number of hydrogen-bond donors (Lipinski definition) is 1. The third-order valence-electron chi connectivity index (χ3n) is 4.13. The van der Waals surface area contributed by atoms with Gasteiger partial charge in [-0.3, -0.25) is 9.59 Å². The maximum Gasteiger partial charge on any atom is 0.258 e. The molecular weight excluding hydrogens is 288 g/mol. The topological polar surface area (TPSA) is 51.1 Å². The summed E-state index contributed by atoms with van der Waals surface area (Å²) in [6.07, 6.45) is 4.87. The van der Waals surface area contributed by atoms with Crippen molar-refractivity contribution in [2.45, 2.75) is 46.1 Å². The summed E-state index contributed by atoms with van der Waals surface area (Å²) in [7, 11) is 1.68. The van der Waals surface area contributed by atoms with Gasteiger partial charge in [-0.2, -0.15) is 0 Å². The van der Waals surface area contributed by atoms with E-state index in [1.165, 1.54) is 11.0 Å². The van der Waals surface area contributed by atoms with E-state index in [-0.39, 0.29) is 17.5 Å². The van der Waals surface area contributed by atoms with Crippen LogP contribution in [0.3, 0.4) is 0 Å². The number of aryl methyl sites for hydroxylation is 1. The molecule has 23 heavy (non-hydrogen) atoms. The van der Waals surface area contributed by atoms with E-state index in [1.807, 2.05) is 25.1 Å². The Bertz CT molecular complexity index is 747. The minimum Gasteiger partial charge on any atom is -0.350 e. The lowest BCUT2D eigenvalue weighted by atomic mass is 10.0. The molecule has 1 aromatic carbocycles. The van der Waals surface area contributed by atoms with Crippen molar-refractivity contribution in [3.05, 3.63) is 46.4 Å². The highest BCUT2D eigenvalue weighted by molar-refractivity contribution is 6.06. The Kier molecular flexibility index (Phi) is 5.59. The predicted octanol–water partition coefficient (Wildman–Crippen LogP) is 3.48. The van der Waals surface area contributed by atoms with Crippen LogP contribution in [0.2, 0.25) is 0 Å². The molecule has 0 aliphatic heterocycles. The van der Waals surface area contributed by atoms with Gasteiger partial charge in [0.15, 0.2) is 0 Å². The summed E-state index contributed by atoms with van der Waals surface area (Å²) in [5, 5.41) is 4.34. The number of carbonyl (C=O) groups excluding carboxylic acids is 1. The van der Waals surface area contributed by atoms with Gasteiger partial charge in [-0.1, -0.05) is 44.9 Å². The summed E-state index contributed by atoms with van der Waals surface area (Å²) in [5.74, 6) is 0.569. The van der Waals surface area contributed by atoms with Gasteiger partial charge in [0.2, 0.25) is 0 Å². The summed E-state index contributed by atoms with van der Waals surface area (Å²) in [6.45, 7) is 6.45. The Morgan fingerprint density at radius 2 is 1.78 bits per heavy atom. The van der Waals surface area contributed by atoms with Gasteiger partial charge in [-0.25, -0.2) is 0 Å². The van der Waals surface area contributed by atoms with E-state index in [0.29, 0.717) is 22.3 Å². The van der Waals surface area contributed by atoms with Crippen molar-refractivity contribution < 1.29 is 4.79 Å². The summed E-state index contributed by atoms with van der Waals surface area (Å²) < 4.78 is 1.47. The van der Waals surface area contributed by atoms with Crippen LogP contribution >= 0.6 is 0 Å². The first-order chi connectivity index (χ1) is 10.9. The highest BCUT2D eigenvalue weighted by Crippen LogP contribution is 2.16. The molecule has 0 aliphatic carbocycles. The largest absolute Gasteiger partial charge is 0.350 e. The lowest BCUT2D eigenvalue weighted by molar-refractivity contribution is 0.0938. The quantitative estimate of drug-likeness (QED) is 0.887. The molecule has 0 aliphatic rings. The van der Waals surface area contributed by atoms with Crippen molar-refractivity contribution in [2.24, 2.45) is 13.0 Å². The molecule has 0 fully saturated rings. The van der Waals surface area contributed by atoms with Crippen LogP contribution in [-0.4, -0.2) is 16.5 Å². The number of amides is 1. The molecule has 2 aromatic rings. The Labute approximate surface area is 137 Å². The van der Waals surface area contributed by atoms with Gasteiger partial charge in [0.25, 0.3) is 11.5 Å². The Morgan fingerprint density at radius 3 is 2.43 bits per heavy atom. The van der Waals surface area contributed by atoms with Crippen LogP contribution in [0.5, 0.6) is 0 Å². The number of nitrogens with one attached hydrogen (secondary N) is 1. The third kappa shape index (κ3) is 4.21. The van der Waals surface area contributed by atoms with E-state index in [9.17, 15) is 9.59 Å². The zero-order chi connectivity index (χ0) is 17.0. The number of pyridine rings is 1. The van der Waals surface area contributed by atoms with Crippen LogP contribution in [0.25, 0.3) is 10.8 Å². The SMILES string of the molecule is CC(C)CCC[C@H](C)NC(=O)c1cn(C)c(=O)c2ccccc12. The summed E-state index contributed by atoms with van der Waals surface area (Å²) in [4.78, 5) is 24.8. The van der Waals surface area contributed by atoms with Gasteiger partial charge >= 0.3 is 0 Å². The van der Waals surface area contributed by atoms with Crippen molar-refractivity contribution in [3.63, 3.8) is 0 Å². The van der Waals surface area contributed by atoms with Gasteiger partial charge in [0, 0.05) is 30.1 Å². The number of nitrogens with zero attached hydrogens (tertiary/aromatic N) is 1. The fourth-order valence-electron chi connectivity index (χ4n) is 2.80. The number of aromatic nitrogens is 1. The number of hydrogen-bond acceptors (Lipinski definition) is 2. The maximum absolute atomic E-state index is 12.6. The molecule has 0 saturated carbocycles. The normalized spacial score (nSPS) is 12.6. The van der Waals surface area contributed by atoms with Crippen molar-refractivity contribution >= 4 is 16.7 Å². The lowest BCUT2D eigenvalue weighted by Gasteiger charge is -2.16. The number of benzene rings is 1. The van der Waals surface area contributed by atoms with E-state index in [1.54, 1.807) is 19.3 Å². The number of fused-ring (bicyclic) bond motifs is 1. The Hall–Kier alpha value is -2.10. The van der Waals surface area contributed by atoms with E-state index >= 15 is 0 Å². The minimum atomic E-state index is -0.117. The molecule has 4 nitrogen and oxygen atoms in total. The highest BCUT2D eigenvalue weighted by Gasteiger charge is 2.15. The predicted molar refractivity (Wildman–Crippen MR) is 94.8 cm³/mol. The smallest absolute Gasteiger partial charge is 0.258 e. The van der Waals surface area contributed by atoms with Crippen LogP contribution in [0, 0.1) is 5.92 Å². The molecule has 1 aromatic heterocycles. The van der Waals surface area contributed by atoms with Gasteiger partial charge in [-0.15, -0.1) is 0 Å². The Morgan fingerprint density at radius 1 is 1.13 bits per heavy atom. The molecule has 1 heterocycles. The van der Waals surface area contributed by atoms with E-state index in [4.69, 9.17) is 0 Å². The minimum absolute atomic E-state index is 0.0814. The average molecular weight is 314 g/mol. The maximum atomic E-state index is 12.6. The molecule has 0 radical (unpaired) electrons. The molecule has 124 valence electrons. The monoisotopic (exact) mass is 314 g/mol. The standard InChI is InChI=1S/C19H26N2O2/c1-13(2)8-7-9-14(3)20-18(22)17-12-21(4)19(23)16-11-6-5-10-15(16)17/h5-6,10-14H,7-9H2,1-4H3,(H,20,22)/t14-/m0/s1. The molecular formula is C19H26N2O2. The summed E-state index contributed by atoms with van der Waals surface area (Å²) in [5.41, 5.74) is 0.473. The third-order valence-corrected chi connectivity index (χ3v) is 4.13. The van der Waals surface area contributed by atoms with E-state index in [2.05, 4.69) is 19.2 Å². The molecule has 0 bridgehead atoms. The van der Waals surface area contributed by atoms with Gasteiger partial charge in [-0.05, 0) is 25.3 Å². The van der Waals surface area contributed by atoms with Crippen molar-refractivity contribution in [1.82, 2.24) is 9.88 Å². The van der Waals surface area contributed by atoms with E-state index < -0.39 is 0 Å². The van der Waals surface area contributed by atoms with Gasteiger partial charge in [0.05, 0.1) is 5.56 Å². The molecule has 0 spiro atoms. The van der Waals surface area contributed by atoms with Gasteiger partial charge < -0.3 is 9.88 Å². The Balaban J connectivity index is 2.18. The van der Waals surface area contributed by atoms with Crippen LogP contribution < -0.4 is 10.9 Å². The number of carbonyl (C=O) groups is 1. The molecule has 1 atom stereocenters. The average Bonchev–Trinajstić information content (AvgIpc) is 2.50. The van der Waals surface area contributed by atoms with Crippen LogP contribution in [0.1, 0.15) is 50.4 Å². The first kappa shape index (κ1) is 17.3. The zero-order valence-corrected chi connectivity index (χ0v) is 14.4. The fraction of sp³-hybridized carbons (Fsp3) is 0.474. The van der Waals surface area contributed by atoms with Crippen molar-refractivity contribution in [1.29, 1.82) is 0 Å². The second-order valence-electron chi connectivity index (χ2n) is 6.70. The molecule has 0 unspecified atom stereocenters. The molecule has 2 rings (SSSR count). The van der Waals surface area contributed by atoms with Crippen LogP contribution in [0.15, 0.2) is 35.3 Å². The fourth-order valence-corrected chi connectivity index (χ4v) is 2.80. The summed E-state index contributed by atoms with van der Waals surface area (Å²) in [6, 6.07) is 7.39. The first-order valence-electron chi connectivity index (χ1n) is 8.29. The molecule has 1 N–H and O–H groups in total. The van der Waals surface area contributed by atoms with Crippen molar-refractivity contribution in [2.75, 3.05) is 0 Å². The van der Waals surface area contributed by atoms with Crippen LogP contribution in [0.4, 0.5) is 0 Å². The number of rotatable bonds is 6. The highest BCUT2D eigenvalue weighted by atomic mass is 16.2. The molecule has 1 amide bonds. The first-order valence-corrected chi connectivity index (χ1v) is 8.29. The zero-order valence-electron chi connectivity index (χ0n) is 14.4. The van der Waals surface area contributed by atoms with E-state index in [0.717, 1.165) is 12.8 Å². The second kappa shape index (κ2) is 7.44. The molecule has 4 heteroatoms. The summed E-state index contributed by atoms with van der Waals surface area (Å²) >= 11 is 0. The van der Waals surface area contributed by atoms with Crippen LogP contribution in [-0.2, 0) is 7.05 Å². The lowest BCUT2D eigenvalue weighted by Crippen LogP contribution is -2.33. The van der Waals surface area contributed by atoms with Gasteiger partial charge in [0.1, 0.15) is 0 Å². The molecule has 0 saturated heterocycles. The van der Waals surface area contributed by atoms with Crippen molar-refractivity contribution in [3.8, 4) is 0 Å².